The normalized spacial score (nSPS) is 25.0. The summed E-state index contributed by atoms with van der Waals surface area (Å²) in [4.78, 5) is 69.2. The lowest BCUT2D eigenvalue weighted by molar-refractivity contribution is -0.165. The number of carbonyl (C=O) groups excluding carboxylic acids is 4. The first-order valence-electron chi connectivity index (χ1n) is 10.9. The van der Waals surface area contributed by atoms with Crippen LogP contribution in [0.4, 0.5) is 5.82 Å². The van der Waals surface area contributed by atoms with E-state index in [9.17, 15) is 24.0 Å². The summed E-state index contributed by atoms with van der Waals surface area (Å²) in [6, 6.07) is 0.200. The molecule has 3 rings (SSSR count). The van der Waals surface area contributed by atoms with Crippen LogP contribution in [0.2, 0.25) is 0 Å². The molecular formula is C21H26N4O11. The van der Waals surface area contributed by atoms with Crippen molar-refractivity contribution in [1.29, 1.82) is 0 Å². The van der Waals surface area contributed by atoms with E-state index in [1.165, 1.54) is 12.3 Å². The number of fused-ring (bicyclic) bond motifs is 1. The molecule has 4 N–H and O–H groups in total. The summed E-state index contributed by atoms with van der Waals surface area (Å²) in [5, 5.41) is 8.93. The van der Waals surface area contributed by atoms with Gasteiger partial charge in [-0.25, -0.2) is 24.7 Å². The highest BCUT2D eigenvalue weighted by molar-refractivity contribution is 5.92. The second kappa shape index (κ2) is 11.7. The molecule has 5 atom stereocenters. The van der Waals surface area contributed by atoms with Gasteiger partial charge < -0.3 is 34.6 Å². The zero-order chi connectivity index (χ0) is 26.4. The Labute approximate surface area is 204 Å². The maximum Gasteiger partial charge on any atom is 0.351 e. The van der Waals surface area contributed by atoms with E-state index in [-0.39, 0.29) is 18.8 Å². The van der Waals surface area contributed by atoms with Crippen molar-refractivity contribution < 1.29 is 48.1 Å². The maximum absolute atomic E-state index is 12.7. The topological polar surface area (TPSA) is 208 Å². The Bertz CT molecular complexity index is 1090. The number of rotatable bonds is 9. The number of nitrogens with one attached hydrogen (secondary N) is 1. The van der Waals surface area contributed by atoms with E-state index < -0.39 is 72.7 Å². The molecule has 1 saturated heterocycles. The van der Waals surface area contributed by atoms with Gasteiger partial charge in [0, 0.05) is 31.0 Å². The van der Waals surface area contributed by atoms with Crippen LogP contribution in [-0.4, -0.2) is 76.1 Å². The average molecular weight is 510 g/mol. The van der Waals surface area contributed by atoms with Gasteiger partial charge in [0.05, 0.1) is 5.92 Å². The highest BCUT2D eigenvalue weighted by Gasteiger charge is 2.51. The van der Waals surface area contributed by atoms with Crippen molar-refractivity contribution in [3.05, 3.63) is 34.9 Å². The van der Waals surface area contributed by atoms with E-state index in [0.29, 0.717) is 0 Å². The first-order chi connectivity index (χ1) is 17.1. The van der Waals surface area contributed by atoms with E-state index in [1.807, 2.05) is 0 Å². The molecule has 1 fully saturated rings. The molecule has 1 aromatic heterocycles. The lowest BCUT2D eigenvalue weighted by Crippen LogP contribution is -2.43. The molecule has 0 aliphatic carbocycles. The fraction of sp³-hybridized carbons (Fsp3) is 0.524. The van der Waals surface area contributed by atoms with Crippen LogP contribution in [0.1, 0.15) is 26.5 Å². The number of esters is 3. The zero-order valence-electron chi connectivity index (χ0n) is 19.4. The molecule has 0 spiro atoms. The first-order valence-corrected chi connectivity index (χ1v) is 10.9. The lowest BCUT2D eigenvalue weighted by Gasteiger charge is -2.25. The van der Waals surface area contributed by atoms with Crippen LogP contribution in [0.25, 0.3) is 0 Å². The summed E-state index contributed by atoms with van der Waals surface area (Å²) in [5.41, 5.74) is 7.00. The fourth-order valence-electron chi connectivity index (χ4n) is 3.23. The highest BCUT2D eigenvalue weighted by Crippen LogP contribution is 2.34. The van der Waals surface area contributed by atoms with E-state index in [2.05, 4.69) is 10.5 Å². The van der Waals surface area contributed by atoms with Crippen LogP contribution in [0.3, 0.4) is 0 Å². The Hall–Kier alpha value is -3.82. The summed E-state index contributed by atoms with van der Waals surface area (Å²) in [7, 11) is 0. The number of nitrogens with zero attached hydrogens (tertiary/aromatic N) is 2. The molecule has 0 bridgehead atoms. The van der Waals surface area contributed by atoms with Gasteiger partial charge in [0.1, 0.15) is 18.8 Å². The largest absolute Gasteiger partial charge is 0.462 e. The van der Waals surface area contributed by atoms with Gasteiger partial charge in [0.2, 0.25) is 0 Å². The van der Waals surface area contributed by atoms with Gasteiger partial charge in [-0.15, -0.1) is 0 Å². The molecule has 15 heteroatoms. The first kappa shape index (κ1) is 26.8. The molecule has 36 heavy (non-hydrogen) atoms. The fourth-order valence-corrected chi connectivity index (χ4v) is 3.23. The predicted molar refractivity (Wildman–Crippen MR) is 116 cm³/mol. The number of hydrogen-bond acceptors (Lipinski definition) is 14. The molecule has 0 radical (unpaired) electrons. The summed E-state index contributed by atoms with van der Waals surface area (Å²) < 4.78 is 22.6. The van der Waals surface area contributed by atoms with Gasteiger partial charge in [0.25, 0.3) is 0 Å². The molecule has 0 saturated carbocycles. The number of carbonyl (C=O) groups is 4. The SMILES string of the molecule is CC(C)C(=O)ONc1ccn([C@@H]2O[C@H](COC(=O)[C@H](N)CCO)C3OC(=O)/C=C\C(=O)O[C@H]32)c(=O)n1. The van der Waals surface area contributed by atoms with E-state index in [0.717, 1.165) is 16.7 Å². The summed E-state index contributed by atoms with van der Waals surface area (Å²) >= 11 is 0. The van der Waals surface area contributed by atoms with Crippen LogP contribution < -0.4 is 16.9 Å². The van der Waals surface area contributed by atoms with Crippen LogP contribution >= 0.6 is 0 Å². The van der Waals surface area contributed by atoms with Crippen LogP contribution in [-0.2, 0) is 43.0 Å². The number of aliphatic hydroxyl groups is 1. The third kappa shape index (κ3) is 6.44. The minimum absolute atomic E-state index is 0.0373. The predicted octanol–water partition coefficient (Wildman–Crippen LogP) is -1.69. The second-order valence-corrected chi connectivity index (χ2v) is 8.13. The van der Waals surface area contributed by atoms with Crippen molar-refractivity contribution in [2.45, 2.75) is 50.8 Å². The van der Waals surface area contributed by atoms with Crippen molar-refractivity contribution in [2.75, 3.05) is 18.7 Å². The lowest BCUT2D eigenvalue weighted by atomic mass is 10.1. The van der Waals surface area contributed by atoms with Crippen molar-refractivity contribution >= 4 is 29.7 Å². The zero-order valence-corrected chi connectivity index (χ0v) is 19.4. The van der Waals surface area contributed by atoms with Crippen molar-refractivity contribution in [2.24, 2.45) is 11.7 Å². The maximum atomic E-state index is 12.7. The van der Waals surface area contributed by atoms with Crippen LogP contribution in [0, 0.1) is 5.92 Å². The Kier molecular flexibility index (Phi) is 8.73. The van der Waals surface area contributed by atoms with E-state index >= 15 is 0 Å². The Morgan fingerprint density at radius 1 is 1.17 bits per heavy atom. The molecule has 2 aliphatic rings. The summed E-state index contributed by atoms with van der Waals surface area (Å²) in [6.07, 6.45) is -2.12. The molecule has 1 aromatic rings. The van der Waals surface area contributed by atoms with Crippen LogP contribution in [0.15, 0.2) is 29.2 Å². The number of anilines is 1. The second-order valence-electron chi connectivity index (χ2n) is 8.13. The molecule has 0 aromatic carbocycles. The van der Waals surface area contributed by atoms with Gasteiger partial charge in [-0.1, -0.05) is 13.8 Å². The number of aromatic nitrogens is 2. The van der Waals surface area contributed by atoms with Crippen molar-refractivity contribution in [3.63, 3.8) is 0 Å². The molecule has 0 amide bonds. The molecule has 196 valence electrons. The minimum Gasteiger partial charge on any atom is -0.462 e. The van der Waals surface area contributed by atoms with Gasteiger partial charge in [-0.2, -0.15) is 4.98 Å². The number of nitrogens with two attached hydrogens (primary N) is 1. The summed E-state index contributed by atoms with van der Waals surface area (Å²) in [5.74, 6) is -3.68. The molecular weight excluding hydrogens is 484 g/mol. The quantitative estimate of drug-likeness (QED) is 0.192. The van der Waals surface area contributed by atoms with Gasteiger partial charge in [-0.3, -0.25) is 9.36 Å². The average Bonchev–Trinajstić information content (AvgIpc) is 3.14. The molecule has 15 nitrogen and oxygen atoms in total. The highest BCUT2D eigenvalue weighted by atomic mass is 16.7. The smallest absolute Gasteiger partial charge is 0.351 e. The standard InChI is InChI=1S/C21H26N4O11/c1-10(2)19(29)36-24-13-5-7-25(21(31)23-13)18-17-16(34-14(27)3-4-15(28)35-17)12(33-18)9-32-20(30)11(22)6-8-26/h3-5,7,10-12,16-18,26H,6,8-9,22H2,1-2H3,(H,23,24,31)/b4-3-/t11-,12-,16?,17-,18-/m1/s1. The minimum atomic E-state index is -1.32. The number of hydrogen-bond donors (Lipinski definition) is 3. The molecule has 1 unspecified atom stereocenters. The number of ether oxygens (including phenoxy) is 4. The third-order valence-electron chi connectivity index (χ3n) is 5.11. The Morgan fingerprint density at radius 2 is 1.83 bits per heavy atom. The Morgan fingerprint density at radius 3 is 2.44 bits per heavy atom. The van der Waals surface area contributed by atoms with Gasteiger partial charge in [-0.05, 0) is 6.42 Å². The Balaban J connectivity index is 1.83. The van der Waals surface area contributed by atoms with Crippen molar-refractivity contribution in [3.8, 4) is 0 Å². The monoisotopic (exact) mass is 510 g/mol. The number of aliphatic hydroxyl groups excluding tert-OH is 1. The summed E-state index contributed by atoms with van der Waals surface area (Å²) in [6.45, 7) is 2.45. The van der Waals surface area contributed by atoms with Crippen LogP contribution in [0.5, 0.6) is 0 Å². The van der Waals surface area contributed by atoms with E-state index in [1.54, 1.807) is 13.8 Å². The molecule has 2 aliphatic heterocycles. The van der Waals surface area contributed by atoms with Gasteiger partial charge >= 0.3 is 29.6 Å². The third-order valence-corrected chi connectivity index (χ3v) is 5.11. The van der Waals surface area contributed by atoms with Gasteiger partial charge in [0.15, 0.2) is 24.3 Å². The van der Waals surface area contributed by atoms with E-state index in [4.69, 9.17) is 34.6 Å². The molecule has 3 heterocycles. The van der Waals surface area contributed by atoms with Crippen molar-refractivity contribution in [1.82, 2.24) is 9.55 Å².